The number of amides is 2. The van der Waals surface area contributed by atoms with E-state index in [1.54, 1.807) is 37.3 Å². The molecule has 1 unspecified atom stereocenters. The van der Waals surface area contributed by atoms with Crippen LogP contribution in [0.4, 0.5) is 0 Å². The number of benzene rings is 2. The highest BCUT2D eigenvalue weighted by Crippen LogP contribution is 2.26. The second-order valence-corrected chi connectivity index (χ2v) is 9.19. The predicted octanol–water partition coefficient (Wildman–Crippen LogP) is 5.52. The molecule has 0 spiro atoms. The fourth-order valence-electron chi connectivity index (χ4n) is 2.80. The first kappa shape index (κ1) is 23.5. The van der Waals surface area contributed by atoms with Crippen LogP contribution in [0.1, 0.15) is 38.8 Å². The van der Waals surface area contributed by atoms with E-state index in [-0.39, 0.29) is 24.8 Å². The van der Waals surface area contributed by atoms with Gasteiger partial charge in [0.15, 0.2) is 0 Å². The molecule has 0 aliphatic heterocycles. The first-order valence-electron chi connectivity index (χ1n) is 9.27. The van der Waals surface area contributed by atoms with Gasteiger partial charge in [0.05, 0.1) is 6.42 Å². The molecule has 0 aliphatic carbocycles. The smallest absolute Gasteiger partial charge is 0.242 e. The lowest BCUT2D eigenvalue weighted by Crippen LogP contribution is -2.52. The Kier molecular flexibility index (Phi) is 7.98. The lowest BCUT2D eigenvalue weighted by Gasteiger charge is -2.31. The average Bonchev–Trinajstić information content (AvgIpc) is 2.62. The number of hydrogen-bond acceptors (Lipinski definition) is 2. The van der Waals surface area contributed by atoms with Crippen LogP contribution in [0.3, 0.4) is 0 Å². The standard InChI is InChI=1S/C22H25Cl3N2O2/c1-14(21(29)26-22(2,3)4)27(13-15-8-10-16(23)11-9-15)20(28)12-17-18(24)6-5-7-19(17)25/h5-11,14H,12-13H2,1-4H3,(H,26,29). The van der Waals surface area contributed by atoms with Crippen LogP contribution >= 0.6 is 34.8 Å². The van der Waals surface area contributed by atoms with Gasteiger partial charge in [-0.15, -0.1) is 0 Å². The van der Waals surface area contributed by atoms with E-state index < -0.39 is 11.6 Å². The maximum Gasteiger partial charge on any atom is 0.242 e. The number of carbonyl (C=O) groups is 2. The summed E-state index contributed by atoms with van der Waals surface area (Å²) in [6.45, 7) is 7.66. The minimum atomic E-state index is -0.682. The summed E-state index contributed by atoms with van der Waals surface area (Å²) in [5.41, 5.74) is 1.00. The number of halogens is 3. The molecule has 0 aromatic heterocycles. The monoisotopic (exact) mass is 454 g/mol. The maximum atomic E-state index is 13.2. The Morgan fingerprint density at radius 3 is 2.07 bits per heavy atom. The number of rotatable bonds is 6. The van der Waals surface area contributed by atoms with Crippen LogP contribution in [-0.4, -0.2) is 28.3 Å². The Balaban J connectivity index is 2.30. The van der Waals surface area contributed by atoms with Crippen molar-refractivity contribution in [3.8, 4) is 0 Å². The largest absolute Gasteiger partial charge is 0.350 e. The zero-order chi connectivity index (χ0) is 21.8. The second kappa shape index (κ2) is 9.84. The highest BCUT2D eigenvalue weighted by atomic mass is 35.5. The van der Waals surface area contributed by atoms with E-state index in [2.05, 4.69) is 5.32 Å². The summed E-state index contributed by atoms with van der Waals surface area (Å²) in [5.74, 6) is -0.475. The van der Waals surface area contributed by atoms with Gasteiger partial charge < -0.3 is 10.2 Å². The molecular weight excluding hydrogens is 431 g/mol. The van der Waals surface area contributed by atoms with Gasteiger partial charge in [-0.3, -0.25) is 9.59 Å². The molecule has 2 rings (SSSR count). The van der Waals surface area contributed by atoms with Crippen molar-refractivity contribution in [2.24, 2.45) is 0 Å². The van der Waals surface area contributed by atoms with Crippen molar-refractivity contribution in [1.29, 1.82) is 0 Å². The van der Waals surface area contributed by atoms with Crippen LogP contribution < -0.4 is 5.32 Å². The van der Waals surface area contributed by atoms with Crippen molar-refractivity contribution in [2.75, 3.05) is 0 Å². The van der Waals surface area contributed by atoms with E-state index in [1.165, 1.54) is 4.90 Å². The van der Waals surface area contributed by atoms with Gasteiger partial charge in [-0.2, -0.15) is 0 Å². The van der Waals surface area contributed by atoms with Gasteiger partial charge in [-0.1, -0.05) is 53.0 Å². The van der Waals surface area contributed by atoms with Crippen LogP contribution in [0, 0.1) is 0 Å². The molecular formula is C22H25Cl3N2O2. The van der Waals surface area contributed by atoms with Gasteiger partial charge in [0.2, 0.25) is 11.8 Å². The predicted molar refractivity (Wildman–Crippen MR) is 120 cm³/mol. The van der Waals surface area contributed by atoms with Gasteiger partial charge >= 0.3 is 0 Å². The molecule has 0 bridgehead atoms. The van der Waals surface area contributed by atoms with E-state index in [0.717, 1.165) is 5.56 Å². The number of hydrogen-bond donors (Lipinski definition) is 1. The first-order valence-corrected chi connectivity index (χ1v) is 10.4. The Labute approximate surface area is 187 Å². The molecule has 0 radical (unpaired) electrons. The lowest BCUT2D eigenvalue weighted by atomic mass is 10.1. The van der Waals surface area contributed by atoms with Crippen LogP contribution in [0.25, 0.3) is 0 Å². The quantitative estimate of drug-likeness (QED) is 0.623. The van der Waals surface area contributed by atoms with E-state index in [4.69, 9.17) is 34.8 Å². The molecule has 2 aromatic carbocycles. The Morgan fingerprint density at radius 1 is 1.00 bits per heavy atom. The normalized spacial score (nSPS) is 12.4. The highest BCUT2D eigenvalue weighted by Gasteiger charge is 2.29. The summed E-state index contributed by atoms with van der Waals surface area (Å²) in [6, 6.07) is 11.6. The van der Waals surface area contributed by atoms with Gasteiger partial charge in [-0.05, 0) is 63.1 Å². The molecule has 156 valence electrons. The Morgan fingerprint density at radius 2 is 1.55 bits per heavy atom. The number of carbonyl (C=O) groups excluding carboxylic acids is 2. The van der Waals surface area contributed by atoms with Crippen molar-refractivity contribution in [3.05, 3.63) is 68.7 Å². The Bertz CT molecular complexity index is 856. The second-order valence-electron chi connectivity index (χ2n) is 7.94. The molecule has 0 heterocycles. The molecule has 2 aromatic rings. The third kappa shape index (κ3) is 6.91. The minimum absolute atomic E-state index is 0.000760. The van der Waals surface area contributed by atoms with Crippen LogP contribution in [-0.2, 0) is 22.6 Å². The molecule has 0 fully saturated rings. The van der Waals surface area contributed by atoms with E-state index in [1.807, 2.05) is 32.9 Å². The van der Waals surface area contributed by atoms with Gasteiger partial charge in [0, 0.05) is 27.2 Å². The van der Waals surface area contributed by atoms with Crippen LogP contribution in [0.5, 0.6) is 0 Å². The number of nitrogens with zero attached hydrogens (tertiary/aromatic N) is 1. The SMILES string of the molecule is CC(C(=O)NC(C)(C)C)N(Cc1ccc(Cl)cc1)C(=O)Cc1c(Cl)cccc1Cl. The minimum Gasteiger partial charge on any atom is -0.350 e. The summed E-state index contributed by atoms with van der Waals surface area (Å²) >= 11 is 18.4. The zero-order valence-electron chi connectivity index (χ0n) is 16.9. The first-order chi connectivity index (χ1) is 13.5. The van der Waals surface area contributed by atoms with Crippen molar-refractivity contribution in [2.45, 2.75) is 52.2 Å². The molecule has 7 heteroatoms. The van der Waals surface area contributed by atoms with Crippen molar-refractivity contribution in [3.63, 3.8) is 0 Å². The van der Waals surface area contributed by atoms with E-state index in [9.17, 15) is 9.59 Å². The summed E-state index contributed by atoms with van der Waals surface area (Å²) in [7, 11) is 0. The number of nitrogens with one attached hydrogen (secondary N) is 1. The molecule has 2 amide bonds. The average molecular weight is 456 g/mol. The summed E-state index contributed by atoms with van der Waals surface area (Å²) in [5, 5.41) is 4.38. The third-order valence-electron chi connectivity index (χ3n) is 4.32. The highest BCUT2D eigenvalue weighted by molar-refractivity contribution is 6.36. The molecule has 1 atom stereocenters. The van der Waals surface area contributed by atoms with E-state index in [0.29, 0.717) is 20.6 Å². The van der Waals surface area contributed by atoms with Crippen LogP contribution in [0.2, 0.25) is 15.1 Å². The molecule has 4 nitrogen and oxygen atoms in total. The fourth-order valence-corrected chi connectivity index (χ4v) is 3.45. The molecule has 0 saturated carbocycles. The van der Waals surface area contributed by atoms with Crippen LogP contribution in [0.15, 0.2) is 42.5 Å². The van der Waals surface area contributed by atoms with E-state index >= 15 is 0 Å². The summed E-state index contributed by atoms with van der Waals surface area (Å²) < 4.78 is 0. The van der Waals surface area contributed by atoms with Gasteiger partial charge in [-0.25, -0.2) is 0 Å². The van der Waals surface area contributed by atoms with Gasteiger partial charge in [0.1, 0.15) is 6.04 Å². The molecule has 0 aliphatic rings. The molecule has 29 heavy (non-hydrogen) atoms. The zero-order valence-corrected chi connectivity index (χ0v) is 19.2. The summed E-state index contributed by atoms with van der Waals surface area (Å²) in [4.78, 5) is 27.5. The topological polar surface area (TPSA) is 49.4 Å². The fraction of sp³-hybridized carbons (Fsp3) is 0.364. The van der Waals surface area contributed by atoms with Gasteiger partial charge in [0.25, 0.3) is 0 Å². The third-order valence-corrected chi connectivity index (χ3v) is 5.28. The molecule has 0 saturated heterocycles. The maximum absolute atomic E-state index is 13.2. The van der Waals surface area contributed by atoms with Crippen molar-refractivity contribution < 1.29 is 9.59 Å². The van der Waals surface area contributed by atoms with Crippen molar-refractivity contribution in [1.82, 2.24) is 10.2 Å². The summed E-state index contributed by atoms with van der Waals surface area (Å²) in [6.07, 6.45) is -0.000760. The molecule has 1 N–H and O–H groups in total. The lowest BCUT2D eigenvalue weighted by molar-refractivity contribution is -0.140. The van der Waals surface area contributed by atoms with Crippen molar-refractivity contribution >= 4 is 46.6 Å². The Hall–Kier alpha value is -1.75.